The second-order valence-corrected chi connectivity index (χ2v) is 4.60. The first-order valence-corrected chi connectivity index (χ1v) is 6.11. The molecular formula is C12H16ClN3O. The van der Waals surface area contributed by atoms with Crippen molar-refractivity contribution in [2.75, 3.05) is 13.7 Å². The summed E-state index contributed by atoms with van der Waals surface area (Å²) in [4.78, 5) is 8.60. The van der Waals surface area contributed by atoms with Crippen LogP contribution in [0.1, 0.15) is 24.5 Å². The zero-order valence-electron chi connectivity index (χ0n) is 10.1. The quantitative estimate of drug-likeness (QED) is 0.608. The van der Waals surface area contributed by atoms with Crippen molar-refractivity contribution < 1.29 is 4.74 Å². The molecule has 0 saturated heterocycles. The Bertz CT molecular complexity index is 495. The molecule has 0 saturated carbocycles. The molecule has 92 valence electrons. The van der Waals surface area contributed by atoms with Crippen LogP contribution in [0.2, 0.25) is 0 Å². The van der Waals surface area contributed by atoms with Gasteiger partial charge >= 0.3 is 0 Å². The van der Waals surface area contributed by atoms with Gasteiger partial charge in [-0.1, -0.05) is 0 Å². The number of rotatable bonds is 5. The van der Waals surface area contributed by atoms with Crippen LogP contribution in [0.25, 0.3) is 11.0 Å². The van der Waals surface area contributed by atoms with E-state index in [1.165, 1.54) is 0 Å². The number of aryl methyl sites for hydroxylation is 1. The van der Waals surface area contributed by atoms with Crippen LogP contribution in [0.4, 0.5) is 0 Å². The topological polar surface area (TPSA) is 39.9 Å². The molecule has 2 heterocycles. The Morgan fingerprint density at radius 2 is 2.35 bits per heavy atom. The van der Waals surface area contributed by atoms with Crippen LogP contribution in [0.5, 0.6) is 0 Å². The summed E-state index contributed by atoms with van der Waals surface area (Å²) >= 11 is 6.16. The van der Waals surface area contributed by atoms with E-state index in [4.69, 9.17) is 16.3 Å². The SMILES string of the molecule is COCCCn1c(C(C)Cl)nc2cnccc21. The van der Waals surface area contributed by atoms with Gasteiger partial charge in [-0.05, 0) is 19.4 Å². The number of methoxy groups -OCH3 is 1. The minimum Gasteiger partial charge on any atom is -0.385 e. The van der Waals surface area contributed by atoms with E-state index >= 15 is 0 Å². The number of fused-ring (bicyclic) bond motifs is 1. The number of aromatic nitrogens is 3. The molecule has 0 fully saturated rings. The smallest absolute Gasteiger partial charge is 0.127 e. The lowest BCUT2D eigenvalue weighted by Crippen LogP contribution is -2.06. The third kappa shape index (κ3) is 2.58. The molecule has 0 aliphatic carbocycles. The largest absolute Gasteiger partial charge is 0.385 e. The molecular weight excluding hydrogens is 238 g/mol. The Balaban J connectivity index is 2.37. The fourth-order valence-corrected chi connectivity index (χ4v) is 2.07. The number of pyridine rings is 1. The molecule has 1 unspecified atom stereocenters. The minimum atomic E-state index is -0.107. The Kier molecular flexibility index (Phi) is 3.97. The molecule has 2 aromatic rings. The molecule has 4 nitrogen and oxygen atoms in total. The highest BCUT2D eigenvalue weighted by atomic mass is 35.5. The van der Waals surface area contributed by atoms with Gasteiger partial charge in [0.2, 0.25) is 0 Å². The number of halogens is 1. The zero-order valence-corrected chi connectivity index (χ0v) is 10.8. The Hall–Kier alpha value is -1.13. The molecule has 17 heavy (non-hydrogen) atoms. The number of alkyl halides is 1. The van der Waals surface area contributed by atoms with Gasteiger partial charge in [-0.2, -0.15) is 0 Å². The van der Waals surface area contributed by atoms with Crippen molar-refractivity contribution in [1.29, 1.82) is 0 Å². The van der Waals surface area contributed by atoms with Crippen LogP contribution < -0.4 is 0 Å². The summed E-state index contributed by atoms with van der Waals surface area (Å²) in [6, 6.07) is 1.97. The highest BCUT2D eigenvalue weighted by Crippen LogP contribution is 2.24. The van der Waals surface area contributed by atoms with E-state index in [0.717, 1.165) is 36.4 Å². The maximum atomic E-state index is 6.16. The summed E-state index contributed by atoms with van der Waals surface area (Å²) in [5.41, 5.74) is 1.98. The lowest BCUT2D eigenvalue weighted by atomic mass is 10.3. The van der Waals surface area contributed by atoms with E-state index in [-0.39, 0.29) is 5.38 Å². The molecule has 0 aromatic carbocycles. The maximum absolute atomic E-state index is 6.16. The van der Waals surface area contributed by atoms with Gasteiger partial charge < -0.3 is 9.30 Å². The average Bonchev–Trinajstić information content (AvgIpc) is 2.69. The molecule has 0 aliphatic rings. The summed E-state index contributed by atoms with van der Waals surface area (Å²) in [7, 11) is 1.71. The van der Waals surface area contributed by atoms with Gasteiger partial charge in [0.05, 0.1) is 17.1 Å². The van der Waals surface area contributed by atoms with Crippen LogP contribution in [0, 0.1) is 0 Å². The standard InChI is InChI=1S/C12H16ClN3O/c1-9(13)12-15-10-8-14-5-4-11(10)16(12)6-3-7-17-2/h4-5,8-9H,3,6-7H2,1-2H3. The van der Waals surface area contributed by atoms with E-state index in [1.54, 1.807) is 19.5 Å². The predicted octanol–water partition coefficient (Wildman–Crippen LogP) is 2.77. The summed E-state index contributed by atoms with van der Waals surface area (Å²) < 4.78 is 7.22. The lowest BCUT2D eigenvalue weighted by Gasteiger charge is -2.09. The van der Waals surface area contributed by atoms with Gasteiger partial charge in [0, 0.05) is 26.5 Å². The first-order chi connectivity index (χ1) is 8.24. The van der Waals surface area contributed by atoms with Gasteiger partial charge in [0.1, 0.15) is 11.3 Å². The van der Waals surface area contributed by atoms with E-state index < -0.39 is 0 Å². The van der Waals surface area contributed by atoms with Crippen molar-refractivity contribution in [3.63, 3.8) is 0 Å². The van der Waals surface area contributed by atoms with Gasteiger partial charge in [-0.15, -0.1) is 11.6 Å². The maximum Gasteiger partial charge on any atom is 0.127 e. The molecule has 0 N–H and O–H groups in total. The molecule has 0 aliphatic heterocycles. The third-order valence-corrected chi connectivity index (χ3v) is 2.86. The first-order valence-electron chi connectivity index (χ1n) is 5.67. The van der Waals surface area contributed by atoms with Crippen molar-refractivity contribution in [3.8, 4) is 0 Å². The molecule has 0 spiro atoms. The van der Waals surface area contributed by atoms with Crippen LogP contribution in [0.15, 0.2) is 18.5 Å². The second-order valence-electron chi connectivity index (χ2n) is 3.95. The van der Waals surface area contributed by atoms with Crippen LogP contribution >= 0.6 is 11.6 Å². The molecule has 0 radical (unpaired) electrons. The Morgan fingerprint density at radius 3 is 3.06 bits per heavy atom. The monoisotopic (exact) mass is 253 g/mol. The highest BCUT2D eigenvalue weighted by Gasteiger charge is 2.14. The summed E-state index contributed by atoms with van der Waals surface area (Å²) in [5.74, 6) is 0.894. The number of hydrogen-bond acceptors (Lipinski definition) is 3. The van der Waals surface area contributed by atoms with Gasteiger partial charge in [-0.25, -0.2) is 4.98 Å². The van der Waals surface area contributed by atoms with Gasteiger partial charge in [-0.3, -0.25) is 4.98 Å². The third-order valence-electron chi connectivity index (χ3n) is 2.67. The van der Waals surface area contributed by atoms with E-state index in [2.05, 4.69) is 14.5 Å². The number of ether oxygens (including phenoxy) is 1. The molecule has 2 aromatic heterocycles. The van der Waals surface area contributed by atoms with E-state index in [1.807, 2.05) is 13.0 Å². The van der Waals surface area contributed by atoms with E-state index in [0.29, 0.717) is 0 Å². The summed E-state index contributed by atoms with van der Waals surface area (Å²) in [5, 5.41) is -0.107. The van der Waals surface area contributed by atoms with Crippen LogP contribution in [-0.4, -0.2) is 28.3 Å². The minimum absolute atomic E-state index is 0.107. The van der Waals surface area contributed by atoms with E-state index in [9.17, 15) is 0 Å². The number of hydrogen-bond donors (Lipinski definition) is 0. The first kappa shape index (κ1) is 12.3. The average molecular weight is 254 g/mol. The number of imidazole rings is 1. The lowest BCUT2D eigenvalue weighted by molar-refractivity contribution is 0.190. The molecule has 2 rings (SSSR count). The van der Waals surface area contributed by atoms with Crippen molar-refractivity contribution >= 4 is 22.6 Å². The summed E-state index contributed by atoms with van der Waals surface area (Å²) in [6.45, 7) is 3.53. The molecule has 0 bridgehead atoms. The highest BCUT2D eigenvalue weighted by molar-refractivity contribution is 6.20. The second kappa shape index (κ2) is 5.47. The van der Waals surface area contributed by atoms with Crippen molar-refractivity contribution in [2.24, 2.45) is 0 Å². The van der Waals surface area contributed by atoms with Crippen molar-refractivity contribution in [1.82, 2.24) is 14.5 Å². The molecule has 0 amide bonds. The van der Waals surface area contributed by atoms with Crippen LogP contribution in [-0.2, 0) is 11.3 Å². The van der Waals surface area contributed by atoms with Gasteiger partial charge in [0.15, 0.2) is 0 Å². The fourth-order valence-electron chi connectivity index (χ4n) is 1.91. The molecule has 1 atom stereocenters. The van der Waals surface area contributed by atoms with Gasteiger partial charge in [0.25, 0.3) is 0 Å². The Labute approximate surface area is 106 Å². The van der Waals surface area contributed by atoms with Crippen molar-refractivity contribution in [3.05, 3.63) is 24.3 Å². The zero-order chi connectivity index (χ0) is 12.3. The normalized spacial score (nSPS) is 13.1. The Morgan fingerprint density at radius 1 is 1.53 bits per heavy atom. The summed E-state index contributed by atoms with van der Waals surface area (Å²) in [6.07, 6.45) is 4.49. The van der Waals surface area contributed by atoms with Crippen molar-refractivity contribution in [2.45, 2.75) is 25.3 Å². The van der Waals surface area contributed by atoms with Crippen LogP contribution in [0.3, 0.4) is 0 Å². The molecule has 5 heteroatoms. The predicted molar refractivity (Wildman–Crippen MR) is 68.3 cm³/mol. The number of nitrogens with zero attached hydrogens (tertiary/aromatic N) is 3. The fraction of sp³-hybridized carbons (Fsp3) is 0.500.